The van der Waals surface area contributed by atoms with E-state index in [9.17, 15) is 5.11 Å². The van der Waals surface area contributed by atoms with Crippen LogP contribution in [0.2, 0.25) is 0 Å². The number of aliphatic hydroxyl groups excluding tert-OH is 1. The van der Waals surface area contributed by atoms with E-state index in [1.54, 1.807) is 0 Å². The molecule has 4 heteroatoms. The molecule has 2 aromatic rings. The molecule has 0 aliphatic carbocycles. The average Bonchev–Trinajstić information content (AvgIpc) is 3.21. The molecule has 4 nitrogen and oxygen atoms in total. The van der Waals surface area contributed by atoms with E-state index in [4.69, 9.17) is 9.47 Å². The van der Waals surface area contributed by atoms with Gasteiger partial charge in [0.25, 0.3) is 0 Å². The summed E-state index contributed by atoms with van der Waals surface area (Å²) in [5.74, 6) is 1.72. The molecule has 1 saturated heterocycles. The Hall–Kier alpha value is -2.04. The minimum absolute atomic E-state index is 0.399. The van der Waals surface area contributed by atoms with Gasteiger partial charge in [0.2, 0.25) is 0 Å². The lowest BCUT2D eigenvalue weighted by molar-refractivity contribution is 0.149. The maximum atomic E-state index is 10.3. The highest BCUT2D eigenvalue weighted by Gasteiger charge is 2.14. The molecule has 1 N–H and O–H groups in total. The highest BCUT2D eigenvalue weighted by atomic mass is 16.5. The third kappa shape index (κ3) is 6.04. The fourth-order valence-electron chi connectivity index (χ4n) is 3.22. The SMILES string of the molecule is O[C@@H](CCN1CCCC1)c1ccc(OCCCOc2ccccc2)cc1. The first-order valence-electron chi connectivity index (χ1n) is 9.62. The van der Waals surface area contributed by atoms with Crippen LogP contribution >= 0.6 is 0 Å². The lowest BCUT2D eigenvalue weighted by atomic mass is 10.1. The van der Waals surface area contributed by atoms with E-state index in [0.717, 1.165) is 36.4 Å². The molecule has 3 rings (SSSR count). The zero-order valence-corrected chi connectivity index (χ0v) is 15.3. The molecule has 1 aliphatic rings. The van der Waals surface area contributed by atoms with Gasteiger partial charge in [0, 0.05) is 13.0 Å². The standard InChI is InChI=1S/C22H29NO3/c24-22(13-16-23-14-4-5-15-23)19-9-11-21(12-10-19)26-18-6-17-25-20-7-2-1-3-8-20/h1-3,7-12,22,24H,4-6,13-18H2/t22-/m0/s1. The average molecular weight is 355 g/mol. The van der Waals surface area contributed by atoms with E-state index in [-0.39, 0.29) is 0 Å². The van der Waals surface area contributed by atoms with Crippen molar-refractivity contribution in [2.45, 2.75) is 31.8 Å². The van der Waals surface area contributed by atoms with Crippen LogP contribution in [0.15, 0.2) is 54.6 Å². The second kappa shape index (κ2) is 10.2. The van der Waals surface area contributed by atoms with Gasteiger partial charge in [-0.05, 0) is 62.2 Å². The maximum absolute atomic E-state index is 10.3. The fourth-order valence-corrected chi connectivity index (χ4v) is 3.22. The minimum Gasteiger partial charge on any atom is -0.493 e. The molecule has 0 bridgehead atoms. The summed E-state index contributed by atoms with van der Waals surface area (Å²) in [6.07, 6.45) is 3.80. The number of likely N-dealkylation sites (tertiary alicyclic amines) is 1. The van der Waals surface area contributed by atoms with Gasteiger partial charge in [-0.3, -0.25) is 0 Å². The molecular formula is C22H29NO3. The highest BCUT2D eigenvalue weighted by Crippen LogP contribution is 2.21. The molecule has 1 atom stereocenters. The molecule has 1 fully saturated rings. The summed E-state index contributed by atoms with van der Waals surface area (Å²) in [5, 5.41) is 10.3. The number of nitrogens with zero attached hydrogens (tertiary/aromatic N) is 1. The van der Waals surface area contributed by atoms with Crippen LogP contribution in [0.1, 0.15) is 37.4 Å². The number of para-hydroxylation sites is 1. The van der Waals surface area contributed by atoms with Crippen molar-refractivity contribution < 1.29 is 14.6 Å². The second-order valence-corrected chi connectivity index (χ2v) is 6.79. The van der Waals surface area contributed by atoms with Gasteiger partial charge in [0.15, 0.2) is 0 Å². The largest absolute Gasteiger partial charge is 0.493 e. The molecule has 1 aliphatic heterocycles. The number of hydrogen-bond acceptors (Lipinski definition) is 4. The van der Waals surface area contributed by atoms with Crippen LogP contribution in [-0.4, -0.2) is 42.9 Å². The van der Waals surface area contributed by atoms with Gasteiger partial charge < -0.3 is 19.5 Å². The molecule has 0 amide bonds. The Balaban J connectivity index is 1.33. The predicted molar refractivity (Wildman–Crippen MR) is 104 cm³/mol. The Morgan fingerprint density at radius 1 is 0.846 bits per heavy atom. The topological polar surface area (TPSA) is 41.9 Å². The van der Waals surface area contributed by atoms with Crippen LogP contribution in [0.25, 0.3) is 0 Å². The number of rotatable bonds is 10. The van der Waals surface area contributed by atoms with Gasteiger partial charge in [0.05, 0.1) is 19.3 Å². The van der Waals surface area contributed by atoms with Crippen LogP contribution in [0, 0.1) is 0 Å². The highest BCUT2D eigenvalue weighted by molar-refractivity contribution is 5.28. The van der Waals surface area contributed by atoms with Gasteiger partial charge in [0.1, 0.15) is 11.5 Å². The van der Waals surface area contributed by atoms with Crippen molar-refractivity contribution in [3.05, 3.63) is 60.2 Å². The summed E-state index contributed by atoms with van der Waals surface area (Å²) in [6, 6.07) is 17.6. The van der Waals surface area contributed by atoms with Gasteiger partial charge in [-0.1, -0.05) is 30.3 Å². The summed E-state index contributed by atoms with van der Waals surface area (Å²) in [4.78, 5) is 2.43. The monoisotopic (exact) mass is 355 g/mol. The van der Waals surface area contributed by atoms with Crippen LogP contribution in [0.5, 0.6) is 11.5 Å². The lowest BCUT2D eigenvalue weighted by Gasteiger charge is -2.18. The second-order valence-electron chi connectivity index (χ2n) is 6.79. The van der Waals surface area contributed by atoms with Crippen LogP contribution in [-0.2, 0) is 0 Å². The van der Waals surface area contributed by atoms with Crippen molar-refractivity contribution in [1.82, 2.24) is 4.90 Å². The fraction of sp³-hybridized carbons (Fsp3) is 0.455. The molecule has 0 radical (unpaired) electrons. The lowest BCUT2D eigenvalue weighted by Crippen LogP contribution is -2.22. The molecule has 0 spiro atoms. The maximum Gasteiger partial charge on any atom is 0.119 e. The summed E-state index contributed by atoms with van der Waals surface area (Å²) >= 11 is 0. The van der Waals surface area contributed by atoms with Gasteiger partial charge in [-0.2, -0.15) is 0 Å². The number of ether oxygens (including phenoxy) is 2. The molecular weight excluding hydrogens is 326 g/mol. The normalized spacial score (nSPS) is 15.7. The quantitative estimate of drug-likeness (QED) is 0.653. The molecule has 2 aromatic carbocycles. The summed E-state index contributed by atoms with van der Waals surface area (Å²) in [6.45, 7) is 4.57. The van der Waals surface area contributed by atoms with Crippen molar-refractivity contribution in [2.75, 3.05) is 32.8 Å². The van der Waals surface area contributed by atoms with Gasteiger partial charge >= 0.3 is 0 Å². The van der Waals surface area contributed by atoms with Crippen molar-refractivity contribution in [3.8, 4) is 11.5 Å². The van der Waals surface area contributed by atoms with E-state index in [2.05, 4.69) is 4.90 Å². The molecule has 26 heavy (non-hydrogen) atoms. The zero-order chi connectivity index (χ0) is 18.0. The predicted octanol–water partition coefficient (Wildman–Crippen LogP) is 4.05. The van der Waals surface area contributed by atoms with Crippen LogP contribution < -0.4 is 9.47 Å². The van der Waals surface area contributed by atoms with E-state index < -0.39 is 6.10 Å². The number of aliphatic hydroxyl groups is 1. The van der Waals surface area contributed by atoms with Gasteiger partial charge in [-0.25, -0.2) is 0 Å². The van der Waals surface area contributed by atoms with Gasteiger partial charge in [-0.15, -0.1) is 0 Å². The molecule has 1 heterocycles. The van der Waals surface area contributed by atoms with E-state index in [0.29, 0.717) is 13.2 Å². The molecule has 140 valence electrons. The Morgan fingerprint density at radius 3 is 2.12 bits per heavy atom. The Morgan fingerprint density at radius 2 is 1.46 bits per heavy atom. The molecule has 0 unspecified atom stereocenters. The third-order valence-electron chi connectivity index (χ3n) is 4.75. The zero-order valence-electron chi connectivity index (χ0n) is 15.3. The van der Waals surface area contributed by atoms with Crippen molar-refractivity contribution in [2.24, 2.45) is 0 Å². The van der Waals surface area contributed by atoms with Crippen molar-refractivity contribution >= 4 is 0 Å². The summed E-state index contributed by atoms with van der Waals surface area (Å²) < 4.78 is 11.4. The summed E-state index contributed by atoms with van der Waals surface area (Å²) in [5.41, 5.74) is 0.962. The smallest absolute Gasteiger partial charge is 0.119 e. The molecule has 0 saturated carbocycles. The van der Waals surface area contributed by atoms with Crippen LogP contribution in [0.3, 0.4) is 0 Å². The Labute approximate surface area is 156 Å². The van der Waals surface area contributed by atoms with Crippen molar-refractivity contribution in [1.29, 1.82) is 0 Å². The first-order valence-corrected chi connectivity index (χ1v) is 9.62. The Kier molecular flexibility index (Phi) is 7.35. The first kappa shape index (κ1) is 18.7. The van der Waals surface area contributed by atoms with Crippen LogP contribution in [0.4, 0.5) is 0 Å². The first-order chi connectivity index (χ1) is 12.8. The van der Waals surface area contributed by atoms with E-state index in [1.807, 2.05) is 54.6 Å². The van der Waals surface area contributed by atoms with E-state index in [1.165, 1.54) is 25.9 Å². The number of benzene rings is 2. The minimum atomic E-state index is -0.399. The Bertz CT molecular complexity index is 624. The number of hydrogen-bond donors (Lipinski definition) is 1. The molecule has 0 aromatic heterocycles. The third-order valence-corrected chi connectivity index (χ3v) is 4.75. The van der Waals surface area contributed by atoms with E-state index >= 15 is 0 Å². The van der Waals surface area contributed by atoms with Crippen molar-refractivity contribution in [3.63, 3.8) is 0 Å². The summed E-state index contributed by atoms with van der Waals surface area (Å²) in [7, 11) is 0.